The number of fused-ring (bicyclic) bond motifs is 15. The molecule has 1 atom stereocenters. The molecule has 1 spiro atoms. The molecule has 0 aliphatic heterocycles. The predicted octanol–water partition coefficient (Wildman–Crippen LogP) is 14.4. The molecule has 0 radical (unpaired) electrons. The Balaban J connectivity index is 1.15. The second-order valence-corrected chi connectivity index (χ2v) is 16.4. The third kappa shape index (κ3) is 4.77. The lowest BCUT2D eigenvalue weighted by molar-refractivity contribution is 0.719. The van der Waals surface area contributed by atoms with Gasteiger partial charge in [-0.05, 0) is 101 Å². The molecule has 3 heteroatoms. The predicted molar refractivity (Wildman–Crippen MR) is 251 cm³/mol. The zero-order valence-electron chi connectivity index (χ0n) is 33.3. The molecule has 0 saturated heterocycles. The van der Waals surface area contributed by atoms with Crippen molar-refractivity contribution >= 4 is 37.9 Å². The molecule has 1 aromatic heterocycles. The van der Waals surface area contributed by atoms with Crippen LogP contribution in [-0.2, 0) is 5.41 Å². The number of aromatic nitrogens is 3. The van der Waals surface area contributed by atoms with Crippen LogP contribution in [0.3, 0.4) is 0 Å². The fourth-order valence-electron chi connectivity index (χ4n) is 11.1. The van der Waals surface area contributed by atoms with Gasteiger partial charge < -0.3 is 0 Å². The topological polar surface area (TPSA) is 38.7 Å². The standard InChI is InChI=1S/C58H37N3/c1-3-19-37(20-4-1)55-59-56(38-21-5-2-6-22-38)61-57(60-55)47-35-34-36-18-7-8-23-39(36)51(47)46-30-17-33-50-52(46)44-28-13-15-31-48(44)58(50)49-32-16-14-29-45(49)53-42-26-11-9-24-40(42)41-25-10-12-27-43(41)54(53)58/h1-14,16-30,32-35H,15,31H2. The summed E-state index contributed by atoms with van der Waals surface area (Å²) in [4.78, 5) is 15.7. The van der Waals surface area contributed by atoms with Gasteiger partial charge in [-0.15, -0.1) is 0 Å². The molecule has 0 saturated carbocycles. The molecule has 284 valence electrons. The first kappa shape index (κ1) is 34.1. The maximum absolute atomic E-state index is 5.31. The van der Waals surface area contributed by atoms with Crippen LogP contribution in [-0.4, -0.2) is 15.0 Å². The number of nitrogens with zero attached hydrogens (tertiary/aromatic N) is 3. The second-order valence-electron chi connectivity index (χ2n) is 16.4. The minimum absolute atomic E-state index is 0.472. The molecular formula is C58H37N3. The van der Waals surface area contributed by atoms with Crippen molar-refractivity contribution < 1.29 is 0 Å². The lowest BCUT2D eigenvalue weighted by atomic mass is 9.66. The van der Waals surface area contributed by atoms with Crippen LogP contribution in [0.25, 0.3) is 94.3 Å². The smallest absolute Gasteiger partial charge is 0.164 e. The van der Waals surface area contributed by atoms with Gasteiger partial charge in [-0.25, -0.2) is 15.0 Å². The van der Waals surface area contributed by atoms with Crippen LogP contribution in [0.15, 0.2) is 206 Å². The summed E-state index contributed by atoms with van der Waals surface area (Å²) >= 11 is 0. The lowest BCUT2D eigenvalue weighted by Gasteiger charge is -2.34. The molecule has 61 heavy (non-hydrogen) atoms. The minimum atomic E-state index is -0.472. The molecule has 0 bridgehead atoms. The summed E-state index contributed by atoms with van der Waals surface area (Å²) in [6.07, 6.45) is 6.79. The number of hydrogen-bond acceptors (Lipinski definition) is 3. The summed E-state index contributed by atoms with van der Waals surface area (Å²) in [5.41, 5.74) is 15.7. The Labute approximate surface area is 354 Å². The Morgan fingerprint density at radius 3 is 1.70 bits per heavy atom. The Bertz CT molecular complexity index is 3470. The van der Waals surface area contributed by atoms with E-state index in [9.17, 15) is 0 Å². The highest BCUT2D eigenvalue weighted by molar-refractivity contribution is 6.20. The van der Waals surface area contributed by atoms with Gasteiger partial charge in [0.25, 0.3) is 0 Å². The fourth-order valence-corrected chi connectivity index (χ4v) is 11.1. The summed E-state index contributed by atoms with van der Waals surface area (Å²) in [6.45, 7) is 0. The van der Waals surface area contributed by atoms with Crippen LogP contribution >= 0.6 is 0 Å². The van der Waals surface area contributed by atoms with Crippen LogP contribution in [0.1, 0.15) is 35.1 Å². The molecular weight excluding hydrogens is 739 g/mol. The number of rotatable bonds is 4. The van der Waals surface area contributed by atoms with E-state index < -0.39 is 5.41 Å². The van der Waals surface area contributed by atoms with Crippen molar-refractivity contribution in [3.63, 3.8) is 0 Å². The van der Waals surface area contributed by atoms with Crippen LogP contribution in [0.5, 0.6) is 0 Å². The van der Waals surface area contributed by atoms with Gasteiger partial charge in [0.05, 0.1) is 5.41 Å². The van der Waals surface area contributed by atoms with Gasteiger partial charge >= 0.3 is 0 Å². The average molecular weight is 776 g/mol. The van der Waals surface area contributed by atoms with Gasteiger partial charge in [-0.1, -0.05) is 194 Å². The third-order valence-corrected chi connectivity index (χ3v) is 13.4. The summed E-state index contributed by atoms with van der Waals surface area (Å²) in [7, 11) is 0. The minimum Gasteiger partial charge on any atom is -0.208 e. The van der Waals surface area contributed by atoms with Crippen molar-refractivity contribution in [1.29, 1.82) is 0 Å². The van der Waals surface area contributed by atoms with Crippen LogP contribution in [0, 0.1) is 0 Å². The van der Waals surface area contributed by atoms with Gasteiger partial charge in [0.1, 0.15) is 0 Å². The summed E-state index contributed by atoms with van der Waals surface area (Å²) in [5.74, 6) is 1.96. The normalized spacial score (nSPS) is 16.0. The molecule has 3 nitrogen and oxygen atoms in total. The quantitative estimate of drug-likeness (QED) is 0.167. The number of benzene rings is 9. The van der Waals surface area contributed by atoms with Crippen molar-refractivity contribution in [2.24, 2.45) is 0 Å². The van der Waals surface area contributed by atoms with E-state index in [1.165, 1.54) is 82.4 Å². The van der Waals surface area contributed by atoms with Gasteiger partial charge in [-0.3, -0.25) is 0 Å². The molecule has 3 aliphatic rings. The van der Waals surface area contributed by atoms with Crippen molar-refractivity contribution in [2.45, 2.75) is 18.3 Å². The van der Waals surface area contributed by atoms with Gasteiger partial charge in [0, 0.05) is 22.3 Å². The Hall–Kier alpha value is -7.75. The zero-order chi connectivity index (χ0) is 40.1. The highest BCUT2D eigenvalue weighted by Crippen LogP contribution is 2.67. The largest absolute Gasteiger partial charge is 0.208 e. The van der Waals surface area contributed by atoms with Crippen LogP contribution in [0.4, 0.5) is 0 Å². The first-order valence-electron chi connectivity index (χ1n) is 21.3. The van der Waals surface area contributed by atoms with Crippen molar-refractivity contribution in [1.82, 2.24) is 15.0 Å². The van der Waals surface area contributed by atoms with Crippen LogP contribution < -0.4 is 0 Å². The summed E-state index contributed by atoms with van der Waals surface area (Å²) in [6, 6.07) is 68.2. The van der Waals surface area contributed by atoms with E-state index in [-0.39, 0.29) is 0 Å². The maximum atomic E-state index is 5.31. The monoisotopic (exact) mass is 775 g/mol. The van der Waals surface area contributed by atoms with Gasteiger partial charge in [0.15, 0.2) is 17.5 Å². The molecule has 10 aromatic rings. The van der Waals surface area contributed by atoms with E-state index in [1.807, 2.05) is 36.4 Å². The van der Waals surface area contributed by atoms with Crippen molar-refractivity contribution in [3.05, 3.63) is 228 Å². The van der Waals surface area contributed by atoms with E-state index in [1.54, 1.807) is 0 Å². The SMILES string of the molecule is C1=CC2=C(CC1)C1(c3ccccc3-c3c1c1ccccc1c1ccccc31)c1cccc(-c3c(-c4nc(-c5ccccc5)nc(-c5ccccc5)n4)ccc4ccccc34)c12. The first-order valence-corrected chi connectivity index (χ1v) is 21.3. The van der Waals surface area contributed by atoms with E-state index in [0.717, 1.165) is 35.1 Å². The van der Waals surface area contributed by atoms with E-state index in [4.69, 9.17) is 15.0 Å². The summed E-state index contributed by atoms with van der Waals surface area (Å²) in [5, 5.41) is 7.59. The highest BCUT2D eigenvalue weighted by atomic mass is 15.0. The third-order valence-electron chi connectivity index (χ3n) is 13.4. The molecule has 1 unspecified atom stereocenters. The molecule has 0 N–H and O–H groups in total. The molecule has 0 fully saturated rings. The molecule has 0 amide bonds. The molecule has 9 aromatic carbocycles. The first-order chi connectivity index (χ1) is 30.3. The number of allylic oxidation sites excluding steroid dienone is 4. The zero-order valence-corrected chi connectivity index (χ0v) is 33.3. The Kier molecular flexibility index (Phi) is 7.35. The maximum Gasteiger partial charge on any atom is 0.164 e. The highest BCUT2D eigenvalue weighted by Gasteiger charge is 2.54. The molecule has 1 heterocycles. The van der Waals surface area contributed by atoms with E-state index in [0.29, 0.717) is 17.5 Å². The van der Waals surface area contributed by atoms with Crippen molar-refractivity contribution in [3.8, 4) is 56.4 Å². The number of hydrogen-bond donors (Lipinski definition) is 0. The lowest BCUT2D eigenvalue weighted by Crippen LogP contribution is -2.28. The molecule has 3 aliphatic carbocycles. The summed E-state index contributed by atoms with van der Waals surface area (Å²) < 4.78 is 0. The average Bonchev–Trinajstić information content (AvgIpc) is 3.82. The Morgan fingerprint density at radius 2 is 0.951 bits per heavy atom. The second kappa shape index (κ2) is 13.1. The van der Waals surface area contributed by atoms with Gasteiger partial charge in [0.2, 0.25) is 0 Å². The van der Waals surface area contributed by atoms with E-state index >= 15 is 0 Å². The fraction of sp³-hybridized carbons (Fsp3) is 0.0517. The van der Waals surface area contributed by atoms with Crippen molar-refractivity contribution in [2.75, 3.05) is 0 Å². The van der Waals surface area contributed by atoms with Crippen LogP contribution in [0.2, 0.25) is 0 Å². The van der Waals surface area contributed by atoms with E-state index in [2.05, 4.69) is 164 Å². The van der Waals surface area contributed by atoms with Gasteiger partial charge in [-0.2, -0.15) is 0 Å². The Morgan fingerprint density at radius 1 is 0.377 bits per heavy atom. The molecule has 13 rings (SSSR count).